The zero-order valence-electron chi connectivity index (χ0n) is 11.4. The summed E-state index contributed by atoms with van der Waals surface area (Å²) in [6, 6.07) is 5.08. The monoisotopic (exact) mass is 271 g/mol. The van der Waals surface area contributed by atoms with Crippen molar-refractivity contribution in [1.82, 2.24) is 4.72 Å². The van der Waals surface area contributed by atoms with Crippen LogP contribution >= 0.6 is 0 Å². The van der Waals surface area contributed by atoms with Gasteiger partial charge in [-0.25, -0.2) is 13.1 Å². The third kappa shape index (κ3) is 3.71. The summed E-state index contributed by atoms with van der Waals surface area (Å²) < 4.78 is 32.5. The molecular weight excluding hydrogens is 250 g/mol. The predicted molar refractivity (Wildman–Crippen MR) is 72.4 cm³/mol. The number of aryl methyl sites for hydroxylation is 1. The molecule has 1 aromatic rings. The van der Waals surface area contributed by atoms with E-state index in [0.717, 1.165) is 12.0 Å². The molecule has 0 unspecified atom stereocenters. The van der Waals surface area contributed by atoms with Gasteiger partial charge in [-0.1, -0.05) is 13.0 Å². The molecule has 0 aliphatic heterocycles. The molecule has 0 saturated carbocycles. The van der Waals surface area contributed by atoms with E-state index in [4.69, 9.17) is 4.74 Å². The summed E-state index contributed by atoms with van der Waals surface area (Å²) in [4.78, 5) is 0.213. The van der Waals surface area contributed by atoms with Crippen LogP contribution in [0.2, 0.25) is 0 Å². The number of benzene rings is 1. The van der Waals surface area contributed by atoms with E-state index in [1.54, 1.807) is 12.1 Å². The molecule has 18 heavy (non-hydrogen) atoms. The van der Waals surface area contributed by atoms with Crippen molar-refractivity contribution in [2.24, 2.45) is 0 Å². The first-order valence-corrected chi connectivity index (χ1v) is 7.64. The fourth-order valence-electron chi connectivity index (χ4n) is 1.51. The van der Waals surface area contributed by atoms with Gasteiger partial charge in [0.1, 0.15) is 10.6 Å². The van der Waals surface area contributed by atoms with Gasteiger partial charge in [-0.15, -0.1) is 0 Å². The van der Waals surface area contributed by atoms with Crippen LogP contribution in [0, 0.1) is 6.92 Å². The Morgan fingerprint density at radius 2 is 2.00 bits per heavy atom. The molecule has 0 bridgehead atoms. The standard InChI is InChI=1S/C13H21NO3S/c1-5-11(4)14-18(15,16)13-9-10(3)7-8-12(13)17-6-2/h7-9,11,14H,5-6H2,1-4H3/t11-/m1/s1. The first-order chi connectivity index (χ1) is 8.40. The third-order valence-corrected chi connectivity index (χ3v) is 4.27. The SMILES string of the molecule is CCOc1ccc(C)cc1S(=O)(=O)N[C@H](C)CC. The Labute approximate surface area is 109 Å². The van der Waals surface area contributed by atoms with Crippen LogP contribution in [-0.4, -0.2) is 21.1 Å². The Kier molecular flexibility index (Phi) is 5.16. The van der Waals surface area contributed by atoms with Crippen LogP contribution in [0.15, 0.2) is 23.1 Å². The average Bonchev–Trinajstić information content (AvgIpc) is 2.31. The van der Waals surface area contributed by atoms with E-state index in [-0.39, 0.29) is 10.9 Å². The highest BCUT2D eigenvalue weighted by molar-refractivity contribution is 7.89. The van der Waals surface area contributed by atoms with Crippen LogP contribution in [-0.2, 0) is 10.0 Å². The lowest BCUT2D eigenvalue weighted by Gasteiger charge is -2.15. The molecule has 0 heterocycles. The van der Waals surface area contributed by atoms with E-state index in [1.807, 2.05) is 33.8 Å². The number of nitrogens with one attached hydrogen (secondary N) is 1. The number of hydrogen-bond donors (Lipinski definition) is 1. The molecule has 4 nitrogen and oxygen atoms in total. The Morgan fingerprint density at radius 1 is 1.33 bits per heavy atom. The molecule has 1 N–H and O–H groups in total. The van der Waals surface area contributed by atoms with Gasteiger partial charge in [0.25, 0.3) is 0 Å². The predicted octanol–water partition coefficient (Wildman–Crippen LogP) is 2.47. The van der Waals surface area contributed by atoms with Crippen LogP contribution in [0.3, 0.4) is 0 Å². The largest absolute Gasteiger partial charge is 0.492 e. The van der Waals surface area contributed by atoms with Crippen molar-refractivity contribution in [3.63, 3.8) is 0 Å². The molecule has 0 amide bonds. The normalized spacial score (nSPS) is 13.3. The lowest BCUT2D eigenvalue weighted by Crippen LogP contribution is -2.32. The van der Waals surface area contributed by atoms with Crippen molar-refractivity contribution in [2.75, 3.05) is 6.61 Å². The Morgan fingerprint density at radius 3 is 2.56 bits per heavy atom. The lowest BCUT2D eigenvalue weighted by atomic mass is 10.2. The number of hydrogen-bond acceptors (Lipinski definition) is 3. The van der Waals surface area contributed by atoms with E-state index < -0.39 is 10.0 Å². The summed E-state index contributed by atoms with van der Waals surface area (Å²) in [5.74, 6) is 0.402. The highest BCUT2D eigenvalue weighted by Gasteiger charge is 2.21. The summed E-state index contributed by atoms with van der Waals surface area (Å²) in [5, 5.41) is 0. The van der Waals surface area contributed by atoms with Gasteiger partial charge in [0.15, 0.2) is 0 Å². The molecule has 1 rings (SSSR count). The molecule has 0 spiro atoms. The van der Waals surface area contributed by atoms with Gasteiger partial charge in [0.05, 0.1) is 6.61 Å². The van der Waals surface area contributed by atoms with Crippen molar-refractivity contribution >= 4 is 10.0 Å². The second-order valence-electron chi connectivity index (χ2n) is 4.31. The first-order valence-electron chi connectivity index (χ1n) is 6.16. The van der Waals surface area contributed by atoms with Crippen LogP contribution in [0.25, 0.3) is 0 Å². The quantitative estimate of drug-likeness (QED) is 0.864. The fourth-order valence-corrected chi connectivity index (χ4v) is 3.07. The van der Waals surface area contributed by atoms with Crippen LogP contribution in [0.1, 0.15) is 32.8 Å². The average molecular weight is 271 g/mol. The van der Waals surface area contributed by atoms with Gasteiger partial charge in [-0.05, 0) is 44.9 Å². The van der Waals surface area contributed by atoms with E-state index in [2.05, 4.69) is 4.72 Å². The summed E-state index contributed by atoms with van der Waals surface area (Å²) in [6.45, 7) is 7.91. The van der Waals surface area contributed by atoms with Crippen molar-refractivity contribution < 1.29 is 13.2 Å². The molecule has 0 radical (unpaired) electrons. The number of ether oxygens (including phenoxy) is 1. The van der Waals surface area contributed by atoms with Crippen molar-refractivity contribution in [1.29, 1.82) is 0 Å². The topological polar surface area (TPSA) is 55.4 Å². The number of rotatable bonds is 6. The molecule has 102 valence electrons. The minimum atomic E-state index is -3.52. The molecule has 0 saturated heterocycles. The minimum Gasteiger partial charge on any atom is -0.492 e. The van der Waals surface area contributed by atoms with Gasteiger partial charge in [0, 0.05) is 6.04 Å². The molecule has 1 aromatic carbocycles. The van der Waals surface area contributed by atoms with Gasteiger partial charge >= 0.3 is 0 Å². The summed E-state index contributed by atoms with van der Waals surface area (Å²) in [7, 11) is -3.52. The van der Waals surface area contributed by atoms with Gasteiger partial charge in [0.2, 0.25) is 10.0 Å². The minimum absolute atomic E-state index is 0.0926. The molecule has 0 aliphatic rings. The maximum atomic E-state index is 12.3. The summed E-state index contributed by atoms with van der Waals surface area (Å²) in [5.41, 5.74) is 0.892. The van der Waals surface area contributed by atoms with Crippen molar-refractivity contribution in [3.8, 4) is 5.75 Å². The molecular formula is C13H21NO3S. The Balaban J connectivity index is 3.17. The second kappa shape index (κ2) is 6.20. The highest BCUT2D eigenvalue weighted by atomic mass is 32.2. The van der Waals surface area contributed by atoms with Gasteiger partial charge in [-0.3, -0.25) is 0 Å². The summed E-state index contributed by atoms with van der Waals surface area (Å²) in [6.07, 6.45) is 0.745. The van der Waals surface area contributed by atoms with Crippen molar-refractivity contribution in [3.05, 3.63) is 23.8 Å². The highest BCUT2D eigenvalue weighted by Crippen LogP contribution is 2.25. The van der Waals surface area contributed by atoms with E-state index in [0.29, 0.717) is 12.4 Å². The molecule has 0 aliphatic carbocycles. The Bertz CT molecular complexity index is 497. The molecule has 1 atom stereocenters. The second-order valence-corrected chi connectivity index (χ2v) is 6.00. The van der Waals surface area contributed by atoms with Gasteiger partial charge in [-0.2, -0.15) is 0 Å². The van der Waals surface area contributed by atoms with Gasteiger partial charge < -0.3 is 4.74 Å². The van der Waals surface area contributed by atoms with E-state index >= 15 is 0 Å². The zero-order valence-corrected chi connectivity index (χ0v) is 12.2. The maximum Gasteiger partial charge on any atom is 0.244 e. The zero-order chi connectivity index (χ0) is 13.8. The number of sulfonamides is 1. The summed E-state index contributed by atoms with van der Waals surface area (Å²) >= 11 is 0. The van der Waals surface area contributed by atoms with E-state index in [1.165, 1.54) is 0 Å². The van der Waals surface area contributed by atoms with Crippen LogP contribution in [0.5, 0.6) is 5.75 Å². The van der Waals surface area contributed by atoms with Crippen LogP contribution < -0.4 is 9.46 Å². The van der Waals surface area contributed by atoms with E-state index in [9.17, 15) is 8.42 Å². The fraction of sp³-hybridized carbons (Fsp3) is 0.538. The maximum absolute atomic E-state index is 12.3. The third-order valence-electron chi connectivity index (χ3n) is 2.66. The smallest absolute Gasteiger partial charge is 0.244 e. The lowest BCUT2D eigenvalue weighted by molar-refractivity contribution is 0.330. The van der Waals surface area contributed by atoms with Crippen LogP contribution in [0.4, 0.5) is 0 Å². The Hall–Kier alpha value is -1.07. The molecule has 0 aromatic heterocycles. The first kappa shape index (κ1) is 15.0. The van der Waals surface area contributed by atoms with Crippen molar-refractivity contribution in [2.45, 2.75) is 45.1 Å². The molecule has 5 heteroatoms. The molecule has 0 fully saturated rings.